The van der Waals surface area contributed by atoms with Crippen molar-refractivity contribution >= 4 is 11.8 Å². The zero-order chi connectivity index (χ0) is 11.5. The number of aliphatic hydroxyl groups excluding tert-OH is 1. The molecule has 0 aromatic carbocycles. The highest BCUT2D eigenvalue weighted by Crippen LogP contribution is 2.26. The SMILES string of the molecule is O=C(O)c1cnc(NCC2CC(O)C2)cn1. The van der Waals surface area contributed by atoms with Crippen molar-refractivity contribution in [1.29, 1.82) is 0 Å². The fourth-order valence-electron chi connectivity index (χ4n) is 1.65. The highest BCUT2D eigenvalue weighted by Gasteiger charge is 2.26. The van der Waals surface area contributed by atoms with E-state index in [1.165, 1.54) is 12.4 Å². The lowest BCUT2D eigenvalue weighted by Crippen LogP contribution is -2.33. The number of carbonyl (C=O) groups is 1. The van der Waals surface area contributed by atoms with Gasteiger partial charge in [0.1, 0.15) is 5.82 Å². The Labute approximate surface area is 92.4 Å². The maximum absolute atomic E-state index is 10.5. The molecule has 1 aromatic heterocycles. The van der Waals surface area contributed by atoms with Crippen LogP contribution in [-0.2, 0) is 0 Å². The van der Waals surface area contributed by atoms with Gasteiger partial charge >= 0.3 is 5.97 Å². The predicted molar refractivity (Wildman–Crippen MR) is 56.2 cm³/mol. The normalized spacial score (nSPS) is 23.6. The smallest absolute Gasteiger partial charge is 0.356 e. The Morgan fingerprint density at radius 1 is 1.44 bits per heavy atom. The van der Waals surface area contributed by atoms with E-state index in [0.29, 0.717) is 11.7 Å². The van der Waals surface area contributed by atoms with Crippen LogP contribution in [0.15, 0.2) is 12.4 Å². The molecule has 6 heteroatoms. The molecule has 0 bridgehead atoms. The standard InChI is InChI=1S/C10H13N3O3/c14-7-1-6(2-7)3-12-9-5-11-8(4-13-9)10(15)16/h4-7,14H,1-3H2,(H,12,13)(H,15,16). The molecule has 1 heterocycles. The number of hydrogen-bond acceptors (Lipinski definition) is 5. The molecule has 0 atom stereocenters. The lowest BCUT2D eigenvalue weighted by atomic mass is 9.82. The monoisotopic (exact) mass is 223 g/mol. The van der Waals surface area contributed by atoms with Crippen LogP contribution in [0, 0.1) is 5.92 Å². The first-order valence-electron chi connectivity index (χ1n) is 5.12. The van der Waals surface area contributed by atoms with Crippen LogP contribution in [0.4, 0.5) is 5.82 Å². The van der Waals surface area contributed by atoms with Gasteiger partial charge in [0.2, 0.25) is 0 Å². The van der Waals surface area contributed by atoms with Crippen LogP contribution >= 0.6 is 0 Å². The minimum absolute atomic E-state index is 0.0652. The highest BCUT2D eigenvalue weighted by molar-refractivity contribution is 5.84. The molecule has 0 saturated heterocycles. The van der Waals surface area contributed by atoms with Gasteiger partial charge < -0.3 is 15.5 Å². The van der Waals surface area contributed by atoms with E-state index in [-0.39, 0.29) is 11.8 Å². The molecule has 6 nitrogen and oxygen atoms in total. The van der Waals surface area contributed by atoms with Gasteiger partial charge in [0.25, 0.3) is 0 Å². The van der Waals surface area contributed by atoms with E-state index < -0.39 is 5.97 Å². The molecule has 1 saturated carbocycles. The van der Waals surface area contributed by atoms with Crippen LogP contribution < -0.4 is 5.32 Å². The summed E-state index contributed by atoms with van der Waals surface area (Å²) in [6.07, 6.45) is 4.09. The molecule has 0 unspecified atom stereocenters. The minimum atomic E-state index is -1.08. The van der Waals surface area contributed by atoms with Crippen molar-refractivity contribution < 1.29 is 15.0 Å². The summed E-state index contributed by atoms with van der Waals surface area (Å²) in [5, 5.41) is 20.8. The van der Waals surface area contributed by atoms with Gasteiger partial charge in [-0.15, -0.1) is 0 Å². The molecule has 16 heavy (non-hydrogen) atoms. The number of carboxylic acid groups (broad SMARTS) is 1. The number of aromatic nitrogens is 2. The first-order chi connectivity index (χ1) is 7.65. The van der Waals surface area contributed by atoms with E-state index in [1.54, 1.807) is 0 Å². The average molecular weight is 223 g/mol. The summed E-state index contributed by atoms with van der Waals surface area (Å²) in [7, 11) is 0. The van der Waals surface area contributed by atoms with Crippen LogP contribution in [0.2, 0.25) is 0 Å². The second-order valence-electron chi connectivity index (χ2n) is 3.96. The lowest BCUT2D eigenvalue weighted by Gasteiger charge is -2.31. The summed E-state index contributed by atoms with van der Waals surface area (Å²) in [6, 6.07) is 0. The van der Waals surface area contributed by atoms with Gasteiger partial charge in [-0.25, -0.2) is 14.8 Å². The largest absolute Gasteiger partial charge is 0.476 e. The Morgan fingerprint density at radius 3 is 2.69 bits per heavy atom. The summed E-state index contributed by atoms with van der Waals surface area (Å²) < 4.78 is 0. The van der Waals surface area contributed by atoms with E-state index in [4.69, 9.17) is 10.2 Å². The molecule has 3 N–H and O–H groups in total. The Bertz CT molecular complexity index is 373. The molecule has 0 spiro atoms. The third kappa shape index (κ3) is 2.46. The third-order valence-corrected chi connectivity index (χ3v) is 2.65. The summed E-state index contributed by atoms with van der Waals surface area (Å²) in [5.41, 5.74) is -0.0652. The molecule has 0 radical (unpaired) electrons. The van der Waals surface area contributed by atoms with Gasteiger partial charge in [-0.05, 0) is 18.8 Å². The van der Waals surface area contributed by atoms with Gasteiger partial charge in [-0.3, -0.25) is 0 Å². The fourth-order valence-corrected chi connectivity index (χ4v) is 1.65. The van der Waals surface area contributed by atoms with Gasteiger partial charge in [0.15, 0.2) is 5.69 Å². The third-order valence-electron chi connectivity index (χ3n) is 2.65. The molecule has 1 aliphatic rings. The summed E-state index contributed by atoms with van der Waals surface area (Å²) in [4.78, 5) is 18.2. The molecular weight excluding hydrogens is 210 g/mol. The molecule has 1 aromatic rings. The van der Waals surface area contributed by atoms with E-state index in [0.717, 1.165) is 19.4 Å². The number of hydrogen-bond donors (Lipinski definition) is 3. The molecule has 0 amide bonds. The topological polar surface area (TPSA) is 95.3 Å². The maximum Gasteiger partial charge on any atom is 0.356 e. The average Bonchev–Trinajstić information content (AvgIpc) is 2.23. The number of aliphatic hydroxyl groups is 1. The summed E-state index contributed by atoms with van der Waals surface area (Å²) in [6.45, 7) is 0.734. The van der Waals surface area contributed by atoms with E-state index >= 15 is 0 Å². The van der Waals surface area contributed by atoms with Crippen LogP contribution in [0.5, 0.6) is 0 Å². The van der Waals surface area contributed by atoms with E-state index in [1.807, 2.05) is 0 Å². The van der Waals surface area contributed by atoms with Crippen molar-refractivity contribution in [3.05, 3.63) is 18.1 Å². The fraction of sp³-hybridized carbons (Fsp3) is 0.500. The lowest BCUT2D eigenvalue weighted by molar-refractivity contribution is 0.0486. The second kappa shape index (κ2) is 4.44. The van der Waals surface area contributed by atoms with Crippen LogP contribution in [-0.4, -0.2) is 38.8 Å². The summed E-state index contributed by atoms with van der Waals surface area (Å²) in [5.74, 6) is -0.0523. The van der Waals surface area contributed by atoms with Crippen molar-refractivity contribution in [3.8, 4) is 0 Å². The Kier molecular flexibility index (Phi) is 3.00. The number of aromatic carboxylic acids is 1. The van der Waals surface area contributed by atoms with Gasteiger partial charge in [-0.1, -0.05) is 0 Å². The molecule has 1 aliphatic carbocycles. The molecule has 2 rings (SSSR count). The van der Waals surface area contributed by atoms with Crippen LogP contribution in [0.25, 0.3) is 0 Å². The Morgan fingerprint density at radius 2 is 2.19 bits per heavy atom. The second-order valence-corrected chi connectivity index (χ2v) is 3.96. The minimum Gasteiger partial charge on any atom is -0.476 e. The van der Waals surface area contributed by atoms with E-state index in [9.17, 15) is 4.79 Å². The maximum atomic E-state index is 10.5. The van der Waals surface area contributed by atoms with Gasteiger partial charge in [0, 0.05) is 6.54 Å². The molecule has 1 fully saturated rings. The van der Waals surface area contributed by atoms with Crippen molar-refractivity contribution in [2.45, 2.75) is 18.9 Å². The first kappa shape index (κ1) is 10.8. The number of nitrogens with one attached hydrogen (secondary N) is 1. The first-order valence-corrected chi connectivity index (χ1v) is 5.12. The molecule has 86 valence electrons. The van der Waals surface area contributed by atoms with E-state index in [2.05, 4.69) is 15.3 Å². The zero-order valence-electron chi connectivity index (χ0n) is 8.63. The predicted octanol–water partition coefficient (Wildman–Crippen LogP) is 0.358. The van der Waals surface area contributed by atoms with Crippen LogP contribution in [0.1, 0.15) is 23.3 Å². The molecular formula is C10H13N3O3. The quantitative estimate of drug-likeness (QED) is 0.682. The Balaban J connectivity index is 1.83. The van der Waals surface area contributed by atoms with Gasteiger partial charge in [-0.2, -0.15) is 0 Å². The molecule has 0 aliphatic heterocycles. The van der Waals surface area contributed by atoms with Crippen LogP contribution in [0.3, 0.4) is 0 Å². The number of nitrogens with zero attached hydrogens (tertiary/aromatic N) is 2. The summed E-state index contributed by atoms with van der Waals surface area (Å²) >= 11 is 0. The van der Waals surface area contributed by atoms with Gasteiger partial charge in [0.05, 0.1) is 18.5 Å². The number of anilines is 1. The van der Waals surface area contributed by atoms with Crippen molar-refractivity contribution in [3.63, 3.8) is 0 Å². The van der Waals surface area contributed by atoms with Crippen molar-refractivity contribution in [2.24, 2.45) is 5.92 Å². The zero-order valence-corrected chi connectivity index (χ0v) is 8.63. The van der Waals surface area contributed by atoms with Crippen molar-refractivity contribution in [1.82, 2.24) is 9.97 Å². The Hall–Kier alpha value is -1.69. The van der Waals surface area contributed by atoms with Crippen molar-refractivity contribution in [2.75, 3.05) is 11.9 Å². The number of carboxylic acids is 1. The number of rotatable bonds is 4. The highest BCUT2D eigenvalue weighted by atomic mass is 16.4.